The molecule has 0 rings (SSSR count). The third kappa shape index (κ3) is 10.6. The summed E-state index contributed by atoms with van der Waals surface area (Å²) in [5.74, 6) is 0.156. The van der Waals surface area contributed by atoms with Gasteiger partial charge in [0.15, 0.2) is 0 Å². The standard InChI is InChI=1S/C17H29O4P/c1-15(2)9-7-10-16(3)11-8-12-17(4)13-14-21-22(18,19-5)20-6/h8-9,11-14,17H,7,10H2,1-6H3. The third-order valence-corrected chi connectivity index (χ3v) is 4.18. The van der Waals surface area contributed by atoms with Crippen LogP contribution in [0.15, 0.2) is 47.8 Å². The van der Waals surface area contributed by atoms with Crippen LogP contribution in [0.1, 0.15) is 40.5 Å². The van der Waals surface area contributed by atoms with Crippen molar-refractivity contribution in [3.63, 3.8) is 0 Å². The molecule has 5 heteroatoms. The minimum atomic E-state index is -3.43. The van der Waals surface area contributed by atoms with E-state index in [1.165, 1.54) is 31.6 Å². The number of hydrogen-bond acceptors (Lipinski definition) is 4. The first-order valence-electron chi connectivity index (χ1n) is 7.37. The van der Waals surface area contributed by atoms with Crippen molar-refractivity contribution in [2.45, 2.75) is 40.5 Å². The van der Waals surface area contributed by atoms with Crippen LogP contribution in [0.25, 0.3) is 0 Å². The maximum atomic E-state index is 11.6. The van der Waals surface area contributed by atoms with Gasteiger partial charge in [-0.1, -0.05) is 42.4 Å². The summed E-state index contributed by atoms with van der Waals surface area (Å²) < 4.78 is 25.9. The fourth-order valence-corrected chi connectivity index (χ4v) is 2.07. The number of hydrogen-bond donors (Lipinski definition) is 0. The number of rotatable bonds is 10. The predicted octanol–water partition coefficient (Wildman–Crippen LogP) is 5.80. The highest BCUT2D eigenvalue weighted by Gasteiger charge is 2.21. The summed E-state index contributed by atoms with van der Waals surface area (Å²) >= 11 is 0. The van der Waals surface area contributed by atoms with E-state index in [1.54, 1.807) is 6.08 Å². The normalized spacial score (nSPS) is 14.5. The first-order chi connectivity index (χ1) is 10.3. The highest BCUT2D eigenvalue weighted by molar-refractivity contribution is 7.48. The van der Waals surface area contributed by atoms with Crippen LogP contribution in [0, 0.1) is 5.92 Å². The van der Waals surface area contributed by atoms with Gasteiger partial charge >= 0.3 is 7.82 Å². The Bertz CT molecular complexity index is 463. The molecule has 1 atom stereocenters. The van der Waals surface area contributed by atoms with Crippen molar-refractivity contribution in [3.8, 4) is 0 Å². The van der Waals surface area contributed by atoms with Crippen LogP contribution in [-0.2, 0) is 18.1 Å². The largest absolute Gasteiger partial charge is 0.528 e. The quantitative estimate of drug-likeness (QED) is 0.220. The lowest BCUT2D eigenvalue weighted by atomic mass is 10.1. The van der Waals surface area contributed by atoms with Crippen molar-refractivity contribution in [1.29, 1.82) is 0 Å². The molecule has 0 N–H and O–H groups in total. The summed E-state index contributed by atoms with van der Waals surface area (Å²) in [6, 6.07) is 0. The predicted molar refractivity (Wildman–Crippen MR) is 92.6 cm³/mol. The molecule has 0 aliphatic heterocycles. The van der Waals surface area contributed by atoms with Crippen molar-refractivity contribution >= 4 is 7.82 Å². The Morgan fingerprint density at radius 1 is 1.14 bits per heavy atom. The van der Waals surface area contributed by atoms with Gasteiger partial charge in [-0.25, -0.2) is 4.57 Å². The summed E-state index contributed by atoms with van der Waals surface area (Å²) in [5, 5.41) is 0. The monoisotopic (exact) mass is 328 g/mol. The molecular weight excluding hydrogens is 299 g/mol. The lowest BCUT2D eigenvalue weighted by Gasteiger charge is -2.10. The number of phosphoric acid groups is 1. The second kappa shape index (κ2) is 11.5. The van der Waals surface area contributed by atoms with Gasteiger partial charge in [-0.2, -0.15) is 0 Å². The van der Waals surface area contributed by atoms with E-state index in [-0.39, 0.29) is 5.92 Å². The molecule has 1 unspecified atom stereocenters. The fourth-order valence-electron chi connectivity index (χ4n) is 1.53. The molecule has 0 aromatic rings. The minimum Gasteiger partial charge on any atom is -0.412 e. The Morgan fingerprint density at radius 2 is 1.77 bits per heavy atom. The minimum absolute atomic E-state index is 0.156. The molecule has 0 bridgehead atoms. The molecule has 0 aromatic heterocycles. The molecule has 0 aromatic carbocycles. The molecule has 0 radical (unpaired) electrons. The van der Waals surface area contributed by atoms with Crippen LogP contribution >= 0.6 is 7.82 Å². The molecule has 0 aliphatic rings. The first-order valence-corrected chi connectivity index (χ1v) is 8.83. The summed E-state index contributed by atoms with van der Waals surface area (Å²) in [7, 11) is -0.864. The molecule has 126 valence electrons. The Hall–Kier alpha value is -1.09. The first kappa shape index (κ1) is 20.9. The molecule has 0 fully saturated rings. The van der Waals surface area contributed by atoms with E-state index < -0.39 is 7.82 Å². The molecule has 22 heavy (non-hydrogen) atoms. The highest BCUT2D eigenvalue weighted by Crippen LogP contribution is 2.47. The summed E-state index contributed by atoms with van der Waals surface area (Å²) in [6.07, 6.45) is 13.7. The molecule has 4 nitrogen and oxygen atoms in total. The fraction of sp³-hybridized carbons (Fsp3) is 0.529. The molecule has 0 amide bonds. The highest BCUT2D eigenvalue weighted by atomic mass is 31.2. The maximum Gasteiger partial charge on any atom is 0.528 e. The molecule has 0 aliphatic carbocycles. The van der Waals surface area contributed by atoms with E-state index in [0.717, 1.165) is 12.8 Å². The van der Waals surface area contributed by atoms with Gasteiger partial charge in [0.1, 0.15) is 0 Å². The SMILES string of the molecule is COP(=O)(OC)OC=CC(C)C=CC=C(C)CCC=C(C)C. The third-order valence-electron chi connectivity index (χ3n) is 2.91. The maximum absolute atomic E-state index is 11.6. The molecule has 0 heterocycles. The van der Waals surface area contributed by atoms with Crippen molar-refractivity contribution in [2.75, 3.05) is 14.2 Å². The lowest BCUT2D eigenvalue weighted by molar-refractivity contribution is 0.193. The zero-order valence-electron chi connectivity index (χ0n) is 14.5. The smallest absolute Gasteiger partial charge is 0.412 e. The van der Waals surface area contributed by atoms with Gasteiger partial charge in [-0.15, -0.1) is 0 Å². The van der Waals surface area contributed by atoms with Crippen molar-refractivity contribution in [1.82, 2.24) is 0 Å². The van der Waals surface area contributed by atoms with E-state index >= 15 is 0 Å². The average Bonchev–Trinajstić information content (AvgIpc) is 2.46. The summed E-state index contributed by atoms with van der Waals surface area (Å²) in [4.78, 5) is 0. The molecular formula is C17H29O4P. The Labute approximate surface area is 135 Å². The van der Waals surface area contributed by atoms with Gasteiger partial charge in [-0.05, 0) is 45.6 Å². The number of allylic oxidation sites excluding steroid dienone is 7. The van der Waals surface area contributed by atoms with Crippen LogP contribution in [-0.4, -0.2) is 14.2 Å². The van der Waals surface area contributed by atoms with Gasteiger partial charge in [0, 0.05) is 14.2 Å². The van der Waals surface area contributed by atoms with E-state index in [1.807, 2.05) is 19.1 Å². The zero-order chi connectivity index (χ0) is 17.0. The van der Waals surface area contributed by atoms with Crippen molar-refractivity contribution < 1.29 is 18.1 Å². The summed E-state index contributed by atoms with van der Waals surface area (Å²) in [6.45, 7) is 8.36. The second-order valence-corrected chi connectivity index (χ2v) is 7.16. The van der Waals surface area contributed by atoms with Crippen molar-refractivity contribution in [2.24, 2.45) is 5.92 Å². The Balaban J connectivity index is 4.27. The Kier molecular flexibility index (Phi) is 10.9. The van der Waals surface area contributed by atoms with Gasteiger partial charge in [0.05, 0.1) is 6.26 Å². The van der Waals surface area contributed by atoms with E-state index in [2.05, 4.69) is 42.0 Å². The van der Waals surface area contributed by atoms with E-state index in [0.29, 0.717) is 0 Å². The van der Waals surface area contributed by atoms with Crippen molar-refractivity contribution in [3.05, 3.63) is 47.8 Å². The molecule has 0 spiro atoms. The van der Waals surface area contributed by atoms with Gasteiger partial charge < -0.3 is 4.52 Å². The lowest BCUT2D eigenvalue weighted by Crippen LogP contribution is -1.90. The molecule has 0 saturated carbocycles. The van der Waals surface area contributed by atoms with Gasteiger partial charge in [0.25, 0.3) is 0 Å². The second-order valence-electron chi connectivity index (χ2n) is 5.32. The molecule has 0 saturated heterocycles. The average molecular weight is 328 g/mol. The summed E-state index contributed by atoms with van der Waals surface area (Å²) in [5.41, 5.74) is 2.69. The van der Waals surface area contributed by atoms with Gasteiger partial charge in [-0.3, -0.25) is 9.05 Å². The van der Waals surface area contributed by atoms with E-state index in [4.69, 9.17) is 4.52 Å². The van der Waals surface area contributed by atoms with Gasteiger partial charge in [0.2, 0.25) is 0 Å². The van der Waals surface area contributed by atoms with Crippen LogP contribution in [0.3, 0.4) is 0 Å². The number of phosphoric ester groups is 1. The van der Waals surface area contributed by atoms with Crippen LogP contribution in [0.5, 0.6) is 0 Å². The van der Waals surface area contributed by atoms with Crippen LogP contribution in [0.2, 0.25) is 0 Å². The van der Waals surface area contributed by atoms with Crippen LogP contribution < -0.4 is 0 Å². The zero-order valence-corrected chi connectivity index (χ0v) is 15.4. The Morgan fingerprint density at radius 3 is 2.32 bits per heavy atom. The topological polar surface area (TPSA) is 44.8 Å². The van der Waals surface area contributed by atoms with E-state index in [9.17, 15) is 4.57 Å². The van der Waals surface area contributed by atoms with Crippen LogP contribution in [0.4, 0.5) is 0 Å².